The van der Waals surface area contributed by atoms with Gasteiger partial charge in [-0.3, -0.25) is 0 Å². The van der Waals surface area contributed by atoms with E-state index in [4.69, 9.17) is 0 Å². The van der Waals surface area contributed by atoms with E-state index in [0.29, 0.717) is 5.92 Å². The van der Waals surface area contributed by atoms with E-state index in [1.807, 2.05) is 0 Å². The Balaban J connectivity index is 2.27. The van der Waals surface area contributed by atoms with Crippen LogP contribution in [0.1, 0.15) is 20.8 Å². The standard InChI is InChI=1S/C21H24Si/c1-16-15-17(2)21(18(16)3)22(4,19-11-7-5-8-12-19)20-13-9-6-10-14-20/h5-15,17H,1-4H3. The largest absolute Gasteiger partial charge is 0.142 e. The molecule has 0 saturated carbocycles. The highest BCUT2D eigenvalue weighted by Gasteiger charge is 2.40. The third-order valence-corrected chi connectivity index (χ3v) is 10.1. The average Bonchev–Trinajstić information content (AvgIpc) is 2.81. The lowest BCUT2D eigenvalue weighted by Gasteiger charge is -2.34. The Labute approximate surface area is 135 Å². The van der Waals surface area contributed by atoms with Gasteiger partial charge in [0, 0.05) is 0 Å². The maximum atomic E-state index is 2.51. The molecule has 112 valence electrons. The molecule has 0 spiro atoms. The Hall–Kier alpha value is -1.86. The van der Waals surface area contributed by atoms with Gasteiger partial charge in [-0.25, -0.2) is 0 Å². The number of hydrogen-bond donors (Lipinski definition) is 0. The van der Waals surface area contributed by atoms with E-state index in [2.05, 4.69) is 94.1 Å². The molecular formula is C21H24Si. The monoisotopic (exact) mass is 304 g/mol. The number of benzene rings is 2. The normalized spacial score (nSPS) is 18.5. The Morgan fingerprint density at radius 2 is 1.23 bits per heavy atom. The van der Waals surface area contributed by atoms with Crippen LogP contribution < -0.4 is 10.4 Å². The van der Waals surface area contributed by atoms with Gasteiger partial charge in [0.1, 0.15) is 8.07 Å². The molecule has 0 aromatic heterocycles. The highest BCUT2D eigenvalue weighted by atomic mass is 28.3. The zero-order valence-corrected chi connectivity index (χ0v) is 14.9. The highest BCUT2D eigenvalue weighted by molar-refractivity contribution is 7.06. The van der Waals surface area contributed by atoms with Crippen molar-refractivity contribution in [3.05, 3.63) is 83.1 Å². The van der Waals surface area contributed by atoms with Crippen LogP contribution in [0, 0.1) is 5.92 Å². The second-order valence-electron chi connectivity index (χ2n) is 6.53. The van der Waals surface area contributed by atoms with Crippen LogP contribution in [0.15, 0.2) is 83.1 Å². The van der Waals surface area contributed by atoms with Crippen LogP contribution in [0.2, 0.25) is 6.55 Å². The molecule has 0 radical (unpaired) electrons. The molecule has 0 nitrogen and oxygen atoms in total. The van der Waals surface area contributed by atoms with Crippen LogP contribution in [0.4, 0.5) is 0 Å². The van der Waals surface area contributed by atoms with E-state index in [0.717, 1.165) is 0 Å². The van der Waals surface area contributed by atoms with Gasteiger partial charge >= 0.3 is 0 Å². The first-order valence-corrected chi connectivity index (χ1v) is 10.6. The summed E-state index contributed by atoms with van der Waals surface area (Å²) >= 11 is 0. The van der Waals surface area contributed by atoms with Gasteiger partial charge in [0.15, 0.2) is 0 Å². The summed E-state index contributed by atoms with van der Waals surface area (Å²) < 4.78 is 0. The summed E-state index contributed by atoms with van der Waals surface area (Å²) in [6.45, 7) is 9.43. The minimum absolute atomic E-state index is 0.539. The van der Waals surface area contributed by atoms with E-state index in [-0.39, 0.29) is 0 Å². The second kappa shape index (κ2) is 5.73. The van der Waals surface area contributed by atoms with E-state index < -0.39 is 8.07 Å². The summed E-state index contributed by atoms with van der Waals surface area (Å²) in [5, 5.41) is 4.68. The molecule has 3 rings (SSSR count). The van der Waals surface area contributed by atoms with Crippen molar-refractivity contribution in [3.8, 4) is 0 Å². The Bertz CT molecular complexity index is 684. The van der Waals surface area contributed by atoms with Gasteiger partial charge in [0.05, 0.1) is 0 Å². The van der Waals surface area contributed by atoms with Crippen LogP contribution >= 0.6 is 0 Å². The Kier molecular flexibility index (Phi) is 3.92. The first kappa shape index (κ1) is 15.0. The van der Waals surface area contributed by atoms with Gasteiger partial charge in [-0.1, -0.05) is 96.6 Å². The van der Waals surface area contributed by atoms with Crippen LogP contribution in [-0.2, 0) is 0 Å². The second-order valence-corrected chi connectivity index (χ2v) is 10.5. The molecule has 1 heteroatoms. The minimum Gasteiger partial charge on any atom is -0.0748 e. The zero-order valence-electron chi connectivity index (χ0n) is 13.9. The van der Waals surface area contributed by atoms with E-state index in [9.17, 15) is 0 Å². The molecule has 0 fully saturated rings. The molecule has 1 aliphatic carbocycles. The predicted molar refractivity (Wildman–Crippen MR) is 99.4 cm³/mol. The third-order valence-electron chi connectivity index (χ3n) is 5.19. The molecule has 1 atom stereocenters. The molecule has 0 N–H and O–H groups in total. The number of rotatable bonds is 3. The molecule has 1 aliphatic rings. The van der Waals surface area contributed by atoms with E-state index in [1.54, 1.807) is 5.20 Å². The zero-order chi connectivity index (χ0) is 15.7. The summed E-state index contributed by atoms with van der Waals surface area (Å²) in [5.74, 6) is 0.539. The van der Waals surface area contributed by atoms with Gasteiger partial charge in [-0.05, 0) is 30.1 Å². The fraction of sp³-hybridized carbons (Fsp3) is 0.238. The van der Waals surface area contributed by atoms with Crippen molar-refractivity contribution >= 4 is 18.4 Å². The van der Waals surface area contributed by atoms with Crippen molar-refractivity contribution in [2.45, 2.75) is 27.3 Å². The van der Waals surface area contributed by atoms with Gasteiger partial charge in [0.25, 0.3) is 0 Å². The Morgan fingerprint density at radius 1 is 0.773 bits per heavy atom. The van der Waals surface area contributed by atoms with Gasteiger partial charge in [-0.2, -0.15) is 0 Å². The molecule has 2 aromatic carbocycles. The summed E-state index contributed by atoms with van der Waals surface area (Å²) in [4.78, 5) is 0. The minimum atomic E-state index is -1.91. The summed E-state index contributed by atoms with van der Waals surface area (Å²) in [7, 11) is -1.91. The summed E-state index contributed by atoms with van der Waals surface area (Å²) in [6.07, 6.45) is 2.43. The van der Waals surface area contributed by atoms with Gasteiger partial charge in [0.2, 0.25) is 0 Å². The lowest BCUT2D eigenvalue weighted by molar-refractivity contribution is 0.921. The molecule has 0 saturated heterocycles. The van der Waals surface area contributed by atoms with Crippen molar-refractivity contribution in [1.82, 2.24) is 0 Å². The van der Waals surface area contributed by atoms with Crippen molar-refractivity contribution in [2.75, 3.05) is 0 Å². The quantitative estimate of drug-likeness (QED) is 0.740. The smallest absolute Gasteiger partial charge is 0.0748 e. The van der Waals surface area contributed by atoms with Crippen LogP contribution in [0.25, 0.3) is 0 Å². The van der Waals surface area contributed by atoms with Gasteiger partial charge < -0.3 is 0 Å². The first-order valence-electron chi connectivity index (χ1n) is 8.06. The van der Waals surface area contributed by atoms with Crippen molar-refractivity contribution in [2.24, 2.45) is 5.92 Å². The van der Waals surface area contributed by atoms with Crippen LogP contribution in [-0.4, -0.2) is 8.07 Å². The topological polar surface area (TPSA) is 0 Å². The molecule has 0 amide bonds. The Morgan fingerprint density at radius 3 is 1.59 bits per heavy atom. The van der Waals surface area contributed by atoms with Crippen LogP contribution in [0.5, 0.6) is 0 Å². The average molecular weight is 305 g/mol. The summed E-state index contributed by atoms with van der Waals surface area (Å²) in [5.41, 5.74) is 2.96. The molecule has 0 heterocycles. The lowest BCUT2D eigenvalue weighted by Crippen LogP contribution is -2.58. The summed E-state index contributed by atoms with van der Waals surface area (Å²) in [6, 6.07) is 22.2. The third kappa shape index (κ3) is 2.30. The first-order chi connectivity index (χ1) is 10.5. The molecule has 0 bridgehead atoms. The van der Waals surface area contributed by atoms with Gasteiger partial charge in [-0.15, -0.1) is 0 Å². The molecule has 0 aliphatic heterocycles. The predicted octanol–water partition coefficient (Wildman–Crippen LogP) is 4.33. The van der Waals surface area contributed by atoms with E-state index >= 15 is 0 Å². The fourth-order valence-corrected chi connectivity index (χ4v) is 8.60. The van der Waals surface area contributed by atoms with Crippen molar-refractivity contribution in [1.29, 1.82) is 0 Å². The molecule has 2 aromatic rings. The molecule has 22 heavy (non-hydrogen) atoms. The number of hydrogen-bond acceptors (Lipinski definition) is 0. The molecule has 1 unspecified atom stereocenters. The number of allylic oxidation sites excluding steroid dienone is 4. The SMILES string of the molecule is CC1=CC(C)C([Si](C)(c2ccccc2)c2ccccc2)=C1C. The van der Waals surface area contributed by atoms with Crippen molar-refractivity contribution in [3.63, 3.8) is 0 Å². The highest BCUT2D eigenvalue weighted by Crippen LogP contribution is 2.36. The molecular weight excluding hydrogens is 280 g/mol. The lowest BCUT2D eigenvalue weighted by atomic mass is 10.2. The van der Waals surface area contributed by atoms with Crippen molar-refractivity contribution < 1.29 is 0 Å². The van der Waals surface area contributed by atoms with Crippen LogP contribution in [0.3, 0.4) is 0 Å². The maximum Gasteiger partial charge on any atom is 0.142 e. The maximum absolute atomic E-state index is 2.51. The fourth-order valence-electron chi connectivity index (χ4n) is 3.99. The van der Waals surface area contributed by atoms with E-state index in [1.165, 1.54) is 21.5 Å².